The smallest absolute Gasteiger partial charge is 0.0515 e. The van der Waals surface area contributed by atoms with Crippen molar-refractivity contribution in [2.24, 2.45) is 0 Å². The summed E-state index contributed by atoms with van der Waals surface area (Å²) in [5.41, 5.74) is 8.31. The number of hydrogen-bond acceptors (Lipinski definition) is 4. The van der Waals surface area contributed by atoms with Gasteiger partial charge in [0.1, 0.15) is 0 Å². The number of fused-ring (bicyclic) bond motifs is 1. The highest BCUT2D eigenvalue weighted by atomic mass is 15.1. The summed E-state index contributed by atoms with van der Waals surface area (Å²) in [6.07, 6.45) is 0. The van der Waals surface area contributed by atoms with E-state index >= 15 is 0 Å². The minimum Gasteiger partial charge on any atom is -0.384 e. The van der Waals surface area contributed by atoms with Crippen LogP contribution in [0.4, 0.5) is 17.1 Å². The molecule has 3 aromatic carbocycles. The number of nitrogens with one attached hydrogen (secondary N) is 3. The van der Waals surface area contributed by atoms with Crippen LogP contribution in [0.15, 0.2) is 78.9 Å². The third-order valence-electron chi connectivity index (χ3n) is 5.11. The fourth-order valence-corrected chi connectivity index (χ4v) is 3.57. The van der Waals surface area contributed by atoms with E-state index in [2.05, 4.69) is 114 Å². The lowest BCUT2D eigenvalue weighted by Crippen LogP contribution is -2.20. The first-order valence-electron chi connectivity index (χ1n) is 10.1. The SMILES string of the molecule is CN(C)CCNc1ccc(N/C(=C2\CNc3ccccc32)c2ccccc2)cc1. The van der Waals surface area contributed by atoms with Gasteiger partial charge in [0.15, 0.2) is 0 Å². The van der Waals surface area contributed by atoms with E-state index in [0.29, 0.717) is 0 Å². The highest BCUT2D eigenvalue weighted by molar-refractivity contribution is 6.02. The second-order valence-corrected chi connectivity index (χ2v) is 7.55. The van der Waals surface area contributed by atoms with Crippen molar-refractivity contribution in [1.82, 2.24) is 4.90 Å². The maximum atomic E-state index is 3.68. The average molecular weight is 385 g/mol. The number of nitrogens with zero attached hydrogens (tertiary/aromatic N) is 1. The molecule has 148 valence electrons. The van der Waals surface area contributed by atoms with Crippen LogP contribution in [0.25, 0.3) is 11.3 Å². The second-order valence-electron chi connectivity index (χ2n) is 7.55. The van der Waals surface area contributed by atoms with Crippen molar-refractivity contribution in [3.8, 4) is 0 Å². The Morgan fingerprint density at radius 2 is 1.55 bits per heavy atom. The maximum Gasteiger partial charge on any atom is 0.0515 e. The molecule has 0 unspecified atom stereocenters. The summed E-state index contributed by atoms with van der Waals surface area (Å²) in [5, 5.41) is 10.7. The molecule has 0 atom stereocenters. The molecule has 4 rings (SSSR count). The van der Waals surface area contributed by atoms with E-state index in [-0.39, 0.29) is 0 Å². The Bertz CT molecular complexity index is 975. The predicted molar refractivity (Wildman–Crippen MR) is 125 cm³/mol. The molecule has 1 aliphatic rings. The van der Waals surface area contributed by atoms with Gasteiger partial charge in [0.2, 0.25) is 0 Å². The van der Waals surface area contributed by atoms with Gasteiger partial charge in [-0.15, -0.1) is 0 Å². The first kappa shape index (κ1) is 19.1. The van der Waals surface area contributed by atoms with E-state index in [1.54, 1.807) is 0 Å². The molecule has 0 saturated heterocycles. The second kappa shape index (κ2) is 8.84. The first-order valence-corrected chi connectivity index (χ1v) is 10.1. The van der Waals surface area contributed by atoms with Gasteiger partial charge in [0.05, 0.1) is 5.70 Å². The molecular weight excluding hydrogens is 356 g/mol. The van der Waals surface area contributed by atoms with Crippen molar-refractivity contribution in [2.45, 2.75) is 0 Å². The number of rotatable bonds is 7. The Hall–Kier alpha value is -3.24. The Kier molecular flexibility index (Phi) is 5.82. The van der Waals surface area contributed by atoms with Crippen molar-refractivity contribution in [3.05, 3.63) is 90.0 Å². The normalized spacial score (nSPS) is 14.3. The van der Waals surface area contributed by atoms with Crippen LogP contribution in [0.5, 0.6) is 0 Å². The summed E-state index contributed by atoms with van der Waals surface area (Å²) in [6, 6.07) is 27.6. The third kappa shape index (κ3) is 4.61. The minimum absolute atomic E-state index is 0.820. The standard InChI is InChI=1S/C25H28N4/c1-29(2)17-16-26-20-12-14-21(15-13-20)28-25(19-8-4-3-5-9-19)23-18-27-24-11-7-6-10-22(23)24/h3-15,26-28H,16-18H2,1-2H3/b25-23+. The molecule has 29 heavy (non-hydrogen) atoms. The van der Waals surface area contributed by atoms with Crippen molar-refractivity contribution in [1.29, 1.82) is 0 Å². The van der Waals surface area contributed by atoms with Gasteiger partial charge in [-0.25, -0.2) is 0 Å². The molecule has 0 radical (unpaired) electrons. The lowest BCUT2D eigenvalue weighted by molar-refractivity contribution is 0.425. The summed E-state index contributed by atoms with van der Waals surface area (Å²) in [7, 11) is 4.17. The van der Waals surface area contributed by atoms with Crippen LogP contribution >= 0.6 is 0 Å². The zero-order valence-electron chi connectivity index (χ0n) is 17.1. The quantitative estimate of drug-likeness (QED) is 0.532. The molecule has 0 amide bonds. The van der Waals surface area contributed by atoms with Crippen LogP contribution in [0, 0.1) is 0 Å². The monoisotopic (exact) mass is 384 g/mol. The molecule has 1 heterocycles. The van der Waals surface area contributed by atoms with Gasteiger partial charge in [-0.05, 0) is 50.0 Å². The van der Waals surface area contributed by atoms with Gasteiger partial charge in [-0.2, -0.15) is 0 Å². The molecule has 0 aromatic heterocycles. The number of anilines is 3. The highest BCUT2D eigenvalue weighted by Crippen LogP contribution is 2.36. The van der Waals surface area contributed by atoms with E-state index in [9.17, 15) is 0 Å². The topological polar surface area (TPSA) is 39.3 Å². The summed E-state index contributed by atoms with van der Waals surface area (Å²) in [4.78, 5) is 2.18. The van der Waals surface area contributed by atoms with Crippen LogP contribution in [0.2, 0.25) is 0 Å². The molecule has 3 aromatic rings. The van der Waals surface area contributed by atoms with E-state index < -0.39 is 0 Å². The lowest BCUT2D eigenvalue weighted by Gasteiger charge is -2.16. The summed E-state index contributed by atoms with van der Waals surface area (Å²) >= 11 is 0. The lowest BCUT2D eigenvalue weighted by atomic mass is 10.0. The maximum absolute atomic E-state index is 3.68. The Balaban J connectivity index is 1.60. The summed E-state index contributed by atoms with van der Waals surface area (Å²) in [5.74, 6) is 0. The van der Waals surface area contributed by atoms with Gasteiger partial charge in [-0.1, -0.05) is 48.5 Å². The van der Waals surface area contributed by atoms with Crippen molar-refractivity contribution in [2.75, 3.05) is 49.7 Å². The fourth-order valence-electron chi connectivity index (χ4n) is 3.57. The molecule has 3 N–H and O–H groups in total. The molecule has 0 fully saturated rings. The molecule has 0 bridgehead atoms. The van der Waals surface area contributed by atoms with E-state index in [4.69, 9.17) is 0 Å². The Morgan fingerprint density at radius 1 is 0.862 bits per heavy atom. The van der Waals surface area contributed by atoms with Crippen LogP contribution in [-0.2, 0) is 0 Å². The van der Waals surface area contributed by atoms with Gasteiger partial charge >= 0.3 is 0 Å². The largest absolute Gasteiger partial charge is 0.384 e. The van der Waals surface area contributed by atoms with E-state index in [1.165, 1.54) is 22.4 Å². The Labute approximate surface area is 173 Å². The van der Waals surface area contributed by atoms with Gasteiger partial charge in [-0.3, -0.25) is 0 Å². The van der Waals surface area contributed by atoms with E-state index in [1.807, 2.05) is 0 Å². The van der Waals surface area contributed by atoms with Crippen LogP contribution in [0.1, 0.15) is 11.1 Å². The number of likely N-dealkylation sites (N-methyl/N-ethyl adjacent to an activating group) is 1. The molecule has 0 spiro atoms. The molecule has 1 aliphatic heterocycles. The summed E-state index contributed by atoms with van der Waals surface area (Å²) in [6.45, 7) is 2.76. The highest BCUT2D eigenvalue weighted by Gasteiger charge is 2.20. The number of para-hydroxylation sites is 1. The van der Waals surface area contributed by atoms with Gasteiger partial charge in [0, 0.05) is 47.8 Å². The molecule has 4 nitrogen and oxygen atoms in total. The summed E-state index contributed by atoms with van der Waals surface area (Å²) < 4.78 is 0. The van der Waals surface area contributed by atoms with Crippen LogP contribution < -0.4 is 16.0 Å². The van der Waals surface area contributed by atoms with Crippen molar-refractivity contribution < 1.29 is 0 Å². The van der Waals surface area contributed by atoms with E-state index in [0.717, 1.165) is 36.7 Å². The first-order chi connectivity index (χ1) is 14.2. The van der Waals surface area contributed by atoms with Crippen LogP contribution in [0.3, 0.4) is 0 Å². The van der Waals surface area contributed by atoms with Gasteiger partial charge in [0.25, 0.3) is 0 Å². The molecule has 0 saturated carbocycles. The fraction of sp³-hybridized carbons (Fsp3) is 0.200. The van der Waals surface area contributed by atoms with Crippen molar-refractivity contribution >= 4 is 28.3 Å². The molecule has 4 heteroatoms. The van der Waals surface area contributed by atoms with Gasteiger partial charge < -0.3 is 20.9 Å². The van der Waals surface area contributed by atoms with Crippen molar-refractivity contribution in [3.63, 3.8) is 0 Å². The molecular formula is C25H28N4. The number of benzene rings is 3. The Morgan fingerprint density at radius 3 is 2.31 bits per heavy atom. The number of hydrogen-bond donors (Lipinski definition) is 3. The van der Waals surface area contributed by atoms with Crippen LogP contribution in [-0.4, -0.2) is 38.6 Å². The average Bonchev–Trinajstić information content (AvgIpc) is 3.17. The minimum atomic E-state index is 0.820. The predicted octanol–water partition coefficient (Wildman–Crippen LogP) is 5.07. The zero-order valence-corrected chi connectivity index (χ0v) is 17.1. The zero-order chi connectivity index (χ0) is 20.1. The molecule has 0 aliphatic carbocycles. The third-order valence-corrected chi connectivity index (χ3v) is 5.11.